The van der Waals surface area contributed by atoms with Crippen molar-refractivity contribution in [1.29, 1.82) is 0 Å². The number of rotatable bonds is 6. The first-order valence-electron chi connectivity index (χ1n) is 11.5. The molecule has 1 aromatic rings. The summed E-state index contributed by atoms with van der Waals surface area (Å²) in [5.74, 6) is 0.581. The van der Waals surface area contributed by atoms with Crippen LogP contribution in [0.1, 0.15) is 81.0 Å². The molecule has 1 aliphatic carbocycles. The number of hydrogen-bond acceptors (Lipinski definition) is 3. The standard InChI is InChI=1S/C24H36N4O2/c1-23(2)15-18(23)22(30)28-12-5-8-24(3,9-13-28)7-4-10-26-21(29)20-14-17-16-25-11-6-19(17)27-20/h11,14,18,27H,4-10,12-13,15-16H2,1-3H3,(H,26,29). The lowest BCUT2D eigenvalue weighted by atomic mass is 9.79. The van der Waals surface area contributed by atoms with Crippen LogP contribution in [0, 0.1) is 16.7 Å². The minimum absolute atomic E-state index is 0.0285. The lowest BCUT2D eigenvalue weighted by molar-refractivity contribution is -0.133. The van der Waals surface area contributed by atoms with Crippen molar-refractivity contribution in [3.8, 4) is 0 Å². The van der Waals surface area contributed by atoms with Crippen LogP contribution in [0.3, 0.4) is 0 Å². The van der Waals surface area contributed by atoms with Gasteiger partial charge in [0.25, 0.3) is 5.91 Å². The Balaban J connectivity index is 1.20. The third-order valence-electron chi connectivity index (χ3n) is 7.48. The van der Waals surface area contributed by atoms with Gasteiger partial charge in [-0.05, 0) is 61.0 Å². The van der Waals surface area contributed by atoms with Crippen molar-refractivity contribution in [1.82, 2.24) is 15.2 Å². The molecule has 3 heterocycles. The van der Waals surface area contributed by atoms with E-state index >= 15 is 0 Å². The van der Waals surface area contributed by atoms with Crippen molar-refractivity contribution in [2.24, 2.45) is 21.7 Å². The van der Waals surface area contributed by atoms with Crippen molar-refractivity contribution in [2.75, 3.05) is 19.6 Å². The van der Waals surface area contributed by atoms with Crippen LogP contribution in [0.25, 0.3) is 0 Å². The van der Waals surface area contributed by atoms with E-state index in [0.717, 1.165) is 69.3 Å². The van der Waals surface area contributed by atoms with E-state index in [9.17, 15) is 9.59 Å². The average Bonchev–Trinajstić information content (AvgIpc) is 3.21. The van der Waals surface area contributed by atoms with E-state index in [0.29, 0.717) is 24.7 Å². The molecule has 0 spiro atoms. The topological polar surface area (TPSA) is 77.6 Å². The third kappa shape index (κ3) is 4.62. The molecule has 164 valence electrons. The third-order valence-corrected chi connectivity index (χ3v) is 7.48. The minimum Gasteiger partial charge on any atom is -0.354 e. The number of nitrogens with zero attached hydrogens (tertiary/aromatic N) is 2. The van der Waals surface area contributed by atoms with E-state index < -0.39 is 0 Å². The molecule has 2 aliphatic heterocycles. The van der Waals surface area contributed by atoms with Crippen LogP contribution in [0.2, 0.25) is 0 Å². The first-order chi connectivity index (χ1) is 14.3. The predicted molar refractivity (Wildman–Crippen MR) is 119 cm³/mol. The van der Waals surface area contributed by atoms with Crippen LogP contribution in [-0.4, -0.2) is 47.5 Å². The average molecular weight is 413 g/mol. The summed E-state index contributed by atoms with van der Waals surface area (Å²) in [6.45, 7) is 9.87. The van der Waals surface area contributed by atoms with Crippen molar-refractivity contribution in [3.05, 3.63) is 23.0 Å². The number of aliphatic imine (C=N–C) groups is 1. The summed E-state index contributed by atoms with van der Waals surface area (Å²) >= 11 is 0. The van der Waals surface area contributed by atoms with E-state index in [1.807, 2.05) is 12.3 Å². The summed E-state index contributed by atoms with van der Waals surface area (Å²) < 4.78 is 0. The Labute approximate surface area is 179 Å². The zero-order chi connectivity index (χ0) is 21.4. The van der Waals surface area contributed by atoms with Gasteiger partial charge in [-0.2, -0.15) is 0 Å². The Morgan fingerprint density at radius 1 is 1.27 bits per heavy atom. The smallest absolute Gasteiger partial charge is 0.267 e. The number of nitrogens with one attached hydrogen (secondary N) is 2. The highest BCUT2D eigenvalue weighted by atomic mass is 16.2. The van der Waals surface area contributed by atoms with Crippen LogP contribution in [0.4, 0.5) is 0 Å². The number of amides is 2. The lowest BCUT2D eigenvalue weighted by Crippen LogP contribution is -2.34. The fourth-order valence-corrected chi connectivity index (χ4v) is 5.03. The second-order valence-corrected chi connectivity index (χ2v) is 10.5. The summed E-state index contributed by atoms with van der Waals surface area (Å²) in [7, 11) is 0. The van der Waals surface area contributed by atoms with Gasteiger partial charge in [-0.1, -0.05) is 20.8 Å². The molecule has 0 bridgehead atoms. The van der Waals surface area contributed by atoms with Gasteiger partial charge in [0.05, 0.1) is 6.54 Å². The maximum atomic E-state index is 12.8. The van der Waals surface area contributed by atoms with Crippen LogP contribution in [0.15, 0.2) is 11.1 Å². The molecule has 4 rings (SSSR count). The van der Waals surface area contributed by atoms with Crippen LogP contribution >= 0.6 is 0 Å². The van der Waals surface area contributed by atoms with Crippen LogP contribution < -0.4 is 5.32 Å². The quantitative estimate of drug-likeness (QED) is 0.699. The van der Waals surface area contributed by atoms with Gasteiger partial charge < -0.3 is 15.2 Å². The monoisotopic (exact) mass is 412 g/mol. The molecule has 30 heavy (non-hydrogen) atoms. The molecular formula is C24H36N4O2. The molecule has 1 saturated heterocycles. The number of carbonyl (C=O) groups is 2. The number of carbonyl (C=O) groups excluding carboxylic acids is 2. The maximum absolute atomic E-state index is 12.8. The molecule has 2 atom stereocenters. The highest BCUT2D eigenvalue weighted by Gasteiger charge is 2.52. The molecular weight excluding hydrogens is 376 g/mol. The van der Waals surface area contributed by atoms with Gasteiger partial charge in [0, 0.05) is 43.9 Å². The molecule has 0 aromatic carbocycles. The molecule has 1 saturated carbocycles. The second kappa shape index (κ2) is 8.20. The number of aromatic amines is 1. The van der Waals surface area contributed by atoms with Gasteiger partial charge >= 0.3 is 0 Å². The SMILES string of the molecule is CC1(CCCNC(=O)c2cc3c([nH]2)CC=NC3)CCCN(C(=O)C2CC2(C)C)CC1. The Kier molecular flexibility index (Phi) is 5.78. The van der Waals surface area contributed by atoms with Crippen molar-refractivity contribution < 1.29 is 9.59 Å². The summed E-state index contributed by atoms with van der Waals surface area (Å²) in [6, 6.07) is 1.93. The van der Waals surface area contributed by atoms with Crippen LogP contribution in [-0.2, 0) is 17.8 Å². The summed E-state index contributed by atoms with van der Waals surface area (Å²) in [5.41, 5.74) is 3.33. The van der Waals surface area contributed by atoms with E-state index in [1.54, 1.807) is 0 Å². The van der Waals surface area contributed by atoms with Gasteiger partial charge in [-0.3, -0.25) is 14.6 Å². The summed E-state index contributed by atoms with van der Waals surface area (Å²) in [4.78, 5) is 34.8. The Morgan fingerprint density at radius 3 is 2.80 bits per heavy atom. The number of H-pyrrole nitrogens is 1. The largest absolute Gasteiger partial charge is 0.354 e. The highest BCUT2D eigenvalue weighted by molar-refractivity contribution is 5.93. The second-order valence-electron chi connectivity index (χ2n) is 10.5. The molecule has 2 fully saturated rings. The molecule has 6 nitrogen and oxygen atoms in total. The normalized spacial score (nSPS) is 27.3. The van der Waals surface area contributed by atoms with Crippen LogP contribution in [0.5, 0.6) is 0 Å². The van der Waals surface area contributed by atoms with Crippen molar-refractivity contribution in [2.45, 2.75) is 72.3 Å². The molecule has 3 aliphatic rings. The zero-order valence-corrected chi connectivity index (χ0v) is 18.7. The number of likely N-dealkylation sites (tertiary alicyclic amines) is 1. The Hall–Kier alpha value is -2.11. The van der Waals surface area contributed by atoms with Gasteiger partial charge in [0.15, 0.2) is 0 Å². The molecule has 0 radical (unpaired) electrons. The number of aromatic nitrogens is 1. The first-order valence-corrected chi connectivity index (χ1v) is 11.5. The molecule has 6 heteroatoms. The van der Waals surface area contributed by atoms with Gasteiger partial charge in [-0.25, -0.2) is 0 Å². The molecule has 2 N–H and O–H groups in total. The fraction of sp³-hybridized carbons (Fsp3) is 0.708. The summed E-state index contributed by atoms with van der Waals surface area (Å²) in [6.07, 6.45) is 9.06. The zero-order valence-electron chi connectivity index (χ0n) is 18.7. The fourth-order valence-electron chi connectivity index (χ4n) is 5.03. The Bertz CT molecular complexity index is 815. The van der Waals surface area contributed by atoms with Gasteiger partial charge in [0.2, 0.25) is 5.91 Å². The molecule has 2 unspecified atom stereocenters. The number of fused-ring (bicyclic) bond motifs is 1. The minimum atomic E-state index is -0.0285. The number of hydrogen-bond donors (Lipinski definition) is 2. The van der Waals surface area contributed by atoms with Crippen molar-refractivity contribution in [3.63, 3.8) is 0 Å². The lowest BCUT2D eigenvalue weighted by Gasteiger charge is -2.28. The summed E-state index contributed by atoms with van der Waals surface area (Å²) in [5, 5.41) is 3.06. The van der Waals surface area contributed by atoms with E-state index in [1.165, 1.54) is 0 Å². The first kappa shape index (κ1) is 21.1. The van der Waals surface area contributed by atoms with Gasteiger partial charge in [-0.15, -0.1) is 0 Å². The van der Waals surface area contributed by atoms with E-state index in [2.05, 4.69) is 41.0 Å². The van der Waals surface area contributed by atoms with E-state index in [-0.39, 0.29) is 22.7 Å². The molecule has 2 amide bonds. The van der Waals surface area contributed by atoms with Crippen molar-refractivity contribution >= 4 is 18.0 Å². The Morgan fingerprint density at radius 2 is 2.07 bits per heavy atom. The molecule has 1 aromatic heterocycles. The highest BCUT2D eigenvalue weighted by Crippen LogP contribution is 2.52. The maximum Gasteiger partial charge on any atom is 0.267 e. The predicted octanol–water partition coefficient (Wildman–Crippen LogP) is 3.72. The van der Waals surface area contributed by atoms with Gasteiger partial charge in [0.1, 0.15) is 5.69 Å². The van der Waals surface area contributed by atoms with E-state index in [4.69, 9.17) is 0 Å².